The SMILES string of the molecule is CCC(=O)N1CCN(C(=O)[C@@H](NC(=O)c2ccccc2C)S(=O)(=O)c2ccc(Cl)cc2)CC1. The molecule has 0 radical (unpaired) electrons. The lowest BCUT2D eigenvalue weighted by Crippen LogP contribution is -2.57. The highest BCUT2D eigenvalue weighted by Gasteiger charge is 2.39. The lowest BCUT2D eigenvalue weighted by molar-refractivity contribution is -0.139. The Bertz CT molecular complexity index is 1140. The molecule has 0 spiro atoms. The molecule has 1 heterocycles. The van der Waals surface area contributed by atoms with E-state index in [-0.39, 0.29) is 29.5 Å². The van der Waals surface area contributed by atoms with E-state index in [0.29, 0.717) is 30.1 Å². The van der Waals surface area contributed by atoms with Crippen LogP contribution in [0.4, 0.5) is 0 Å². The number of nitrogens with one attached hydrogen (secondary N) is 1. The van der Waals surface area contributed by atoms with E-state index in [2.05, 4.69) is 5.32 Å². The van der Waals surface area contributed by atoms with Crippen LogP contribution in [0.3, 0.4) is 0 Å². The van der Waals surface area contributed by atoms with Crippen molar-refractivity contribution in [2.75, 3.05) is 26.2 Å². The molecule has 2 aromatic carbocycles. The number of hydrogen-bond donors (Lipinski definition) is 1. The highest BCUT2D eigenvalue weighted by atomic mass is 35.5. The van der Waals surface area contributed by atoms with E-state index in [4.69, 9.17) is 11.6 Å². The molecular weight excluding hydrogens is 466 g/mol. The molecule has 0 unspecified atom stereocenters. The Morgan fingerprint density at radius 1 is 0.970 bits per heavy atom. The lowest BCUT2D eigenvalue weighted by atomic mass is 10.1. The van der Waals surface area contributed by atoms with Crippen LogP contribution in [0.5, 0.6) is 0 Å². The second-order valence-corrected chi connectivity index (χ2v) is 10.2. The summed E-state index contributed by atoms with van der Waals surface area (Å²) in [5.41, 5.74) is 0.928. The van der Waals surface area contributed by atoms with Gasteiger partial charge in [-0.25, -0.2) is 8.42 Å². The maximum absolute atomic E-state index is 13.4. The predicted octanol–water partition coefficient (Wildman–Crippen LogP) is 2.26. The number of amides is 3. The summed E-state index contributed by atoms with van der Waals surface area (Å²) >= 11 is 5.89. The molecule has 1 aliphatic heterocycles. The highest BCUT2D eigenvalue weighted by molar-refractivity contribution is 7.92. The van der Waals surface area contributed by atoms with Gasteiger partial charge in [-0.05, 0) is 42.8 Å². The smallest absolute Gasteiger partial charge is 0.261 e. The minimum absolute atomic E-state index is 0.0275. The van der Waals surface area contributed by atoms with Crippen LogP contribution in [0, 0.1) is 6.92 Å². The van der Waals surface area contributed by atoms with Crippen molar-refractivity contribution in [1.29, 1.82) is 0 Å². The first-order valence-electron chi connectivity index (χ1n) is 10.6. The zero-order valence-corrected chi connectivity index (χ0v) is 20.0. The van der Waals surface area contributed by atoms with Crippen molar-refractivity contribution in [2.24, 2.45) is 0 Å². The number of carbonyl (C=O) groups is 3. The third-order valence-corrected chi connectivity index (χ3v) is 7.70. The lowest BCUT2D eigenvalue weighted by Gasteiger charge is -2.36. The number of aryl methyl sites for hydroxylation is 1. The Hall–Kier alpha value is -2.91. The van der Waals surface area contributed by atoms with Crippen molar-refractivity contribution in [3.63, 3.8) is 0 Å². The fraction of sp³-hybridized carbons (Fsp3) is 0.348. The summed E-state index contributed by atoms with van der Waals surface area (Å²) < 4.78 is 26.9. The molecule has 1 aliphatic rings. The number of rotatable bonds is 6. The molecule has 3 amide bonds. The largest absolute Gasteiger partial charge is 0.339 e. The molecular formula is C23H26ClN3O5S. The standard InChI is InChI=1S/C23H26ClN3O5S/c1-3-20(28)26-12-14-27(15-13-26)23(30)22(25-21(29)19-7-5-4-6-16(19)2)33(31,32)18-10-8-17(24)9-11-18/h4-11,22H,3,12-15H2,1-2H3,(H,25,29)/t22-/m0/s1. The molecule has 1 fully saturated rings. The fourth-order valence-corrected chi connectivity index (χ4v) is 5.21. The van der Waals surface area contributed by atoms with E-state index in [1.807, 2.05) is 0 Å². The Balaban J connectivity index is 1.91. The molecule has 3 rings (SSSR count). The Morgan fingerprint density at radius 2 is 1.55 bits per heavy atom. The van der Waals surface area contributed by atoms with Gasteiger partial charge in [-0.1, -0.05) is 36.7 Å². The van der Waals surface area contributed by atoms with E-state index in [1.165, 1.54) is 29.2 Å². The normalized spacial score (nSPS) is 15.1. The molecule has 176 valence electrons. The number of carbonyl (C=O) groups excluding carboxylic acids is 3. The van der Waals surface area contributed by atoms with E-state index in [9.17, 15) is 22.8 Å². The third-order valence-electron chi connectivity index (χ3n) is 5.58. The van der Waals surface area contributed by atoms with Crippen molar-refractivity contribution in [1.82, 2.24) is 15.1 Å². The maximum Gasteiger partial charge on any atom is 0.261 e. The predicted molar refractivity (Wildman–Crippen MR) is 125 cm³/mol. The van der Waals surface area contributed by atoms with Gasteiger partial charge in [0.15, 0.2) is 0 Å². The maximum atomic E-state index is 13.4. The molecule has 0 aliphatic carbocycles. The number of piperazine rings is 1. The van der Waals surface area contributed by atoms with Crippen LogP contribution in [0.15, 0.2) is 53.4 Å². The van der Waals surface area contributed by atoms with Gasteiger partial charge in [-0.15, -0.1) is 0 Å². The van der Waals surface area contributed by atoms with Crippen LogP contribution in [-0.4, -0.2) is 67.5 Å². The van der Waals surface area contributed by atoms with Gasteiger partial charge in [0.05, 0.1) is 4.90 Å². The summed E-state index contributed by atoms with van der Waals surface area (Å²) in [6.45, 7) is 4.45. The summed E-state index contributed by atoms with van der Waals surface area (Å²) in [4.78, 5) is 41.2. The third kappa shape index (κ3) is 5.54. The van der Waals surface area contributed by atoms with Crippen LogP contribution in [0.1, 0.15) is 29.3 Å². The molecule has 10 heteroatoms. The molecule has 33 heavy (non-hydrogen) atoms. The van der Waals surface area contributed by atoms with Crippen LogP contribution in [0.2, 0.25) is 5.02 Å². The number of sulfone groups is 1. The van der Waals surface area contributed by atoms with Gasteiger partial charge < -0.3 is 15.1 Å². The molecule has 0 aromatic heterocycles. The minimum Gasteiger partial charge on any atom is -0.339 e. The molecule has 0 bridgehead atoms. The Kier molecular flexibility index (Phi) is 7.76. The van der Waals surface area contributed by atoms with Gasteiger partial charge >= 0.3 is 0 Å². The van der Waals surface area contributed by atoms with Crippen molar-refractivity contribution >= 4 is 39.2 Å². The van der Waals surface area contributed by atoms with Crippen LogP contribution in [0.25, 0.3) is 0 Å². The van der Waals surface area contributed by atoms with Crippen molar-refractivity contribution in [3.8, 4) is 0 Å². The number of halogens is 1. The van der Waals surface area contributed by atoms with Crippen LogP contribution in [-0.2, 0) is 19.4 Å². The minimum atomic E-state index is -4.28. The second-order valence-electron chi connectivity index (χ2n) is 7.73. The molecule has 1 atom stereocenters. The monoisotopic (exact) mass is 491 g/mol. The second kappa shape index (κ2) is 10.4. The summed E-state index contributed by atoms with van der Waals surface area (Å²) in [5, 5.41) is 0.963. The zero-order valence-electron chi connectivity index (χ0n) is 18.5. The Labute approximate surface area is 198 Å². The van der Waals surface area contributed by atoms with Gasteiger partial charge in [0.1, 0.15) is 0 Å². The summed E-state index contributed by atoms with van der Waals surface area (Å²) in [5.74, 6) is -1.43. The van der Waals surface area contributed by atoms with E-state index >= 15 is 0 Å². The van der Waals surface area contributed by atoms with Crippen molar-refractivity contribution < 1.29 is 22.8 Å². The number of nitrogens with zero attached hydrogens (tertiary/aromatic N) is 2. The first-order valence-corrected chi connectivity index (χ1v) is 12.5. The van der Waals surface area contributed by atoms with Crippen LogP contribution >= 0.6 is 11.6 Å². The van der Waals surface area contributed by atoms with Crippen molar-refractivity contribution in [3.05, 3.63) is 64.7 Å². The summed E-state index contributed by atoms with van der Waals surface area (Å²) in [6, 6.07) is 12.1. The Morgan fingerprint density at radius 3 is 2.12 bits per heavy atom. The van der Waals surface area contributed by atoms with E-state index in [1.54, 1.807) is 43.0 Å². The van der Waals surface area contributed by atoms with Crippen LogP contribution < -0.4 is 5.32 Å². The van der Waals surface area contributed by atoms with Gasteiger partial charge in [0.25, 0.3) is 11.8 Å². The quantitative estimate of drug-likeness (QED) is 0.667. The molecule has 1 saturated heterocycles. The summed E-state index contributed by atoms with van der Waals surface area (Å²) in [7, 11) is -4.28. The molecule has 2 aromatic rings. The molecule has 0 saturated carbocycles. The molecule has 1 N–H and O–H groups in total. The van der Waals surface area contributed by atoms with Gasteiger partial charge in [0.2, 0.25) is 21.1 Å². The van der Waals surface area contributed by atoms with E-state index < -0.39 is 27.0 Å². The topological polar surface area (TPSA) is 104 Å². The first-order chi connectivity index (χ1) is 15.6. The van der Waals surface area contributed by atoms with Gasteiger partial charge in [-0.3, -0.25) is 14.4 Å². The van der Waals surface area contributed by atoms with Crippen molar-refractivity contribution in [2.45, 2.75) is 30.5 Å². The highest BCUT2D eigenvalue weighted by Crippen LogP contribution is 2.21. The average Bonchev–Trinajstić information content (AvgIpc) is 2.82. The van der Waals surface area contributed by atoms with Gasteiger partial charge in [0, 0.05) is 43.2 Å². The van der Waals surface area contributed by atoms with Gasteiger partial charge in [-0.2, -0.15) is 0 Å². The first kappa shape index (κ1) is 24.7. The van der Waals surface area contributed by atoms with E-state index in [0.717, 1.165) is 0 Å². The number of benzene rings is 2. The number of hydrogen-bond acceptors (Lipinski definition) is 5. The average molecular weight is 492 g/mol. The zero-order chi connectivity index (χ0) is 24.2. The fourth-order valence-electron chi connectivity index (χ4n) is 3.62. The molecule has 8 nitrogen and oxygen atoms in total. The summed E-state index contributed by atoms with van der Waals surface area (Å²) in [6.07, 6.45) is 0.355.